The van der Waals surface area contributed by atoms with Crippen molar-refractivity contribution in [2.75, 3.05) is 26.4 Å². The average Bonchev–Trinajstić information content (AvgIpc) is 2.31. The summed E-state index contributed by atoms with van der Waals surface area (Å²) in [7, 11) is 0. The summed E-state index contributed by atoms with van der Waals surface area (Å²) in [4.78, 5) is 6.32. The van der Waals surface area contributed by atoms with Gasteiger partial charge in [-0.15, -0.1) is 0 Å². The molecule has 1 atom stereocenters. The molecular weight excluding hydrogens is 192 g/mol. The zero-order valence-corrected chi connectivity index (χ0v) is 8.67. The minimum atomic E-state index is 0.124. The molecule has 0 bridgehead atoms. The Morgan fingerprint density at radius 1 is 1.60 bits per heavy atom. The molecule has 1 saturated heterocycles. The third-order valence-electron chi connectivity index (χ3n) is 2.67. The summed E-state index contributed by atoms with van der Waals surface area (Å²) in [5, 5.41) is 9.20. The number of aliphatic hydroxyl groups is 1. The van der Waals surface area contributed by atoms with E-state index >= 15 is 0 Å². The minimum absolute atomic E-state index is 0.124. The van der Waals surface area contributed by atoms with Gasteiger partial charge in [-0.05, 0) is 11.6 Å². The highest BCUT2D eigenvalue weighted by molar-refractivity contribution is 5.08. The van der Waals surface area contributed by atoms with Crippen LogP contribution in [0, 0.1) is 0 Å². The lowest BCUT2D eigenvalue weighted by Crippen LogP contribution is -2.46. The van der Waals surface area contributed by atoms with Crippen molar-refractivity contribution >= 4 is 0 Å². The van der Waals surface area contributed by atoms with E-state index in [1.807, 2.05) is 12.3 Å². The first-order valence-electron chi connectivity index (χ1n) is 5.21. The van der Waals surface area contributed by atoms with Gasteiger partial charge in [0.05, 0.1) is 25.9 Å². The number of morpholine rings is 1. The third kappa shape index (κ3) is 2.75. The van der Waals surface area contributed by atoms with Crippen molar-refractivity contribution in [3.63, 3.8) is 0 Å². The predicted molar refractivity (Wildman–Crippen MR) is 56.3 cm³/mol. The quantitative estimate of drug-likeness (QED) is 0.774. The van der Waals surface area contributed by atoms with E-state index in [0.717, 1.165) is 19.7 Å². The molecule has 82 valence electrons. The lowest BCUT2D eigenvalue weighted by atomic mass is 10.2. The maximum absolute atomic E-state index is 9.20. The topological polar surface area (TPSA) is 45.6 Å². The van der Waals surface area contributed by atoms with Crippen molar-refractivity contribution in [1.82, 2.24) is 9.88 Å². The molecule has 1 N–H and O–H groups in total. The molecule has 0 amide bonds. The summed E-state index contributed by atoms with van der Waals surface area (Å²) in [5.41, 5.74) is 1.18. The van der Waals surface area contributed by atoms with E-state index in [1.54, 1.807) is 6.20 Å². The molecule has 1 aromatic heterocycles. The number of nitrogens with zero attached hydrogens (tertiary/aromatic N) is 2. The van der Waals surface area contributed by atoms with E-state index in [4.69, 9.17) is 4.74 Å². The normalized spacial score (nSPS) is 22.9. The van der Waals surface area contributed by atoms with Crippen LogP contribution >= 0.6 is 0 Å². The fourth-order valence-electron chi connectivity index (χ4n) is 1.79. The van der Waals surface area contributed by atoms with Crippen LogP contribution in [0.2, 0.25) is 0 Å². The van der Waals surface area contributed by atoms with E-state index in [2.05, 4.69) is 16.0 Å². The first-order valence-corrected chi connectivity index (χ1v) is 5.21. The van der Waals surface area contributed by atoms with E-state index in [-0.39, 0.29) is 12.6 Å². The third-order valence-corrected chi connectivity index (χ3v) is 2.67. The molecule has 4 heteroatoms. The molecule has 4 nitrogen and oxygen atoms in total. The molecule has 1 aliphatic rings. The molecule has 0 aromatic carbocycles. The molecule has 1 unspecified atom stereocenters. The van der Waals surface area contributed by atoms with Crippen molar-refractivity contribution in [2.45, 2.75) is 12.6 Å². The lowest BCUT2D eigenvalue weighted by molar-refractivity contribution is -0.0313. The van der Waals surface area contributed by atoms with Gasteiger partial charge in [0.15, 0.2) is 0 Å². The van der Waals surface area contributed by atoms with Crippen molar-refractivity contribution in [1.29, 1.82) is 0 Å². The highest BCUT2D eigenvalue weighted by Gasteiger charge is 2.21. The summed E-state index contributed by atoms with van der Waals surface area (Å²) < 4.78 is 5.32. The van der Waals surface area contributed by atoms with Crippen LogP contribution in [0.25, 0.3) is 0 Å². The van der Waals surface area contributed by atoms with Gasteiger partial charge in [0.1, 0.15) is 0 Å². The number of pyridine rings is 1. The van der Waals surface area contributed by atoms with Gasteiger partial charge in [-0.2, -0.15) is 0 Å². The van der Waals surface area contributed by atoms with Crippen molar-refractivity contribution < 1.29 is 9.84 Å². The molecule has 2 heterocycles. The van der Waals surface area contributed by atoms with E-state index in [0.29, 0.717) is 6.61 Å². The second kappa shape index (κ2) is 5.21. The van der Waals surface area contributed by atoms with Crippen LogP contribution in [-0.2, 0) is 11.3 Å². The second-order valence-electron chi connectivity index (χ2n) is 3.74. The molecule has 0 saturated carbocycles. The molecule has 15 heavy (non-hydrogen) atoms. The lowest BCUT2D eigenvalue weighted by Gasteiger charge is -2.34. The van der Waals surface area contributed by atoms with Crippen molar-refractivity contribution in [3.8, 4) is 0 Å². The van der Waals surface area contributed by atoms with Crippen LogP contribution in [-0.4, -0.2) is 47.4 Å². The maximum Gasteiger partial charge on any atom is 0.0644 e. The Bertz CT molecular complexity index is 292. The van der Waals surface area contributed by atoms with E-state index in [9.17, 15) is 5.11 Å². The van der Waals surface area contributed by atoms with Crippen LogP contribution in [0.4, 0.5) is 0 Å². The SMILES string of the molecule is OCC1COCCN1Cc1cccnc1. The van der Waals surface area contributed by atoms with Crippen LogP contribution in [0.5, 0.6) is 0 Å². The van der Waals surface area contributed by atoms with Crippen LogP contribution in [0.3, 0.4) is 0 Å². The summed E-state index contributed by atoms with van der Waals surface area (Å²) >= 11 is 0. The Balaban J connectivity index is 1.97. The zero-order chi connectivity index (χ0) is 10.5. The molecule has 0 aliphatic carbocycles. The average molecular weight is 208 g/mol. The Morgan fingerprint density at radius 3 is 3.27 bits per heavy atom. The number of hydrogen-bond acceptors (Lipinski definition) is 4. The number of ether oxygens (including phenoxy) is 1. The number of hydrogen-bond donors (Lipinski definition) is 1. The zero-order valence-electron chi connectivity index (χ0n) is 8.67. The Labute approximate surface area is 89.5 Å². The first-order chi connectivity index (χ1) is 7.40. The number of rotatable bonds is 3. The summed E-state index contributed by atoms with van der Waals surface area (Å²) in [6, 6.07) is 4.11. The highest BCUT2D eigenvalue weighted by Crippen LogP contribution is 2.10. The molecule has 0 radical (unpaired) electrons. The van der Waals surface area contributed by atoms with Gasteiger partial charge in [0.25, 0.3) is 0 Å². The fraction of sp³-hybridized carbons (Fsp3) is 0.545. The summed E-state index contributed by atoms with van der Waals surface area (Å²) in [5.74, 6) is 0. The largest absolute Gasteiger partial charge is 0.395 e. The second-order valence-corrected chi connectivity index (χ2v) is 3.74. The van der Waals surface area contributed by atoms with Crippen molar-refractivity contribution in [2.24, 2.45) is 0 Å². The molecular formula is C11H16N2O2. The monoisotopic (exact) mass is 208 g/mol. The molecule has 1 aromatic rings. The Kier molecular flexibility index (Phi) is 3.66. The van der Waals surface area contributed by atoms with Gasteiger partial charge < -0.3 is 9.84 Å². The molecule has 2 rings (SSSR count). The van der Waals surface area contributed by atoms with Gasteiger partial charge in [-0.3, -0.25) is 9.88 Å². The van der Waals surface area contributed by atoms with E-state index < -0.39 is 0 Å². The van der Waals surface area contributed by atoms with Crippen LogP contribution in [0.1, 0.15) is 5.56 Å². The number of aromatic nitrogens is 1. The minimum Gasteiger partial charge on any atom is -0.395 e. The standard InChI is InChI=1S/C11H16N2O2/c14-8-11-9-15-5-4-13(11)7-10-2-1-3-12-6-10/h1-3,6,11,14H,4-5,7-9H2. The maximum atomic E-state index is 9.20. The van der Waals surface area contributed by atoms with Crippen LogP contribution < -0.4 is 0 Å². The van der Waals surface area contributed by atoms with Gasteiger partial charge in [0.2, 0.25) is 0 Å². The number of aliphatic hydroxyl groups excluding tert-OH is 1. The van der Waals surface area contributed by atoms with Crippen LogP contribution in [0.15, 0.2) is 24.5 Å². The highest BCUT2D eigenvalue weighted by atomic mass is 16.5. The fourth-order valence-corrected chi connectivity index (χ4v) is 1.79. The Hall–Kier alpha value is -0.970. The Morgan fingerprint density at radius 2 is 2.53 bits per heavy atom. The van der Waals surface area contributed by atoms with E-state index in [1.165, 1.54) is 5.56 Å². The van der Waals surface area contributed by atoms with Gasteiger partial charge in [-0.1, -0.05) is 6.07 Å². The van der Waals surface area contributed by atoms with Gasteiger partial charge >= 0.3 is 0 Å². The predicted octanol–water partition coefficient (Wildman–Crippen LogP) is 0.275. The van der Waals surface area contributed by atoms with Gasteiger partial charge in [0, 0.05) is 25.5 Å². The smallest absolute Gasteiger partial charge is 0.0644 e. The summed E-state index contributed by atoms with van der Waals surface area (Å²) in [6.07, 6.45) is 3.64. The molecule has 0 spiro atoms. The molecule has 1 fully saturated rings. The van der Waals surface area contributed by atoms with Crippen molar-refractivity contribution in [3.05, 3.63) is 30.1 Å². The summed E-state index contributed by atoms with van der Waals surface area (Å²) in [6.45, 7) is 3.23. The van der Waals surface area contributed by atoms with Gasteiger partial charge in [-0.25, -0.2) is 0 Å². The molecule has 1 aliphatic heterocycles. The first kappa shape index (κ1) is 10.5.